The van der Waals surface area contributed by atoms with Crippen LogP contribution in [0.4, 0.5) is 0 Å². The van der Waals surface area contributed by atoms with Gasteiger partial charge in [-0.25, -0.2) is 9.59 Å². The first-order valence-electron chi connectivity index (χ1n) is 4.92. The molecule has 4 nitrogen and oxygen atoms in total. The Kier molecular flexibility index (Phi) is 4.22. The zero-order chi connectivity index (χ0) is 12.8. The van der Waals surface area contributed by atoms with E-state index in [1.807, 2.05) is 0 Å². The zero-order valence-electron chi connectivity index (χ0n) is 9.34. The van der Waals surface area contributed by atoms with Crippen molar-refractivity contribution in [3.8, 4) is 0 Å². The summed E-state index contributed by atoms with van der Waals surface area (Å²) in [6.07, 6.45) is 2.44. The van der Waals surface area contributed by atoms with Crippen LogP contribution in [0.3, 0.4) is 0 Å². The number of hydrogen-bond donors (Lipinski definition) is 1. The quantitative estimate of drug-likeness (QED) is 0.492. The number of ether oxygens (including phenoxy) is 1. The molecule has 0 bridgehead atoms. The Balaban J connectivity index is 3.29. The van der Waals surface area contributed by atoms with Crippen LogP contribution in [0, 0.1) is 0 Å². The molecule has 0 aliphatic heterocycles. The highest BCUT2D eigenvalue weighted by Crippen LogP contribution is 2.20. The second-order valence-corrected chi connectivity index (χ2v) is 3.13. The molecule has 0 heterocycles. The molecule has 1 aromatic carbocycles. The van der Waals surface area contributed by atoms with E-state index in [2.05, 4.69) is 11.3 Å². The van der Waals surface area contributed by atoms with E-state index in [-0.39, 0.29) is 11.1 Å². The van der Waals surface area contributed by atoms with Crippen LogP contribution in [-0.4, -0.2) is 17.0 Å². The second kappa shape index (κ2) is 5.65. The minimum Gasteiger partial charge on any atom is -0.478 e. The Hall–Kier alpha value is -2.36. The number of rotatable bonds is 4. The number of esters is 1. The molecule has 0 atom stereocenters. The van der Waals surface area contributed by atoms with Crippen molar-refractivity contribution in [2.24, 2.45) is 0 Å². The molecule has 88 valence electrons. The molecule has 17 heavy (non-hydrogen) atoms. The second-order valence-electron chi connectivity index (χ2n) is 3.13. The highest BCUT2D eigenvalue weighted by Gasteiger charge is 2.18. The summed E-state index contributed by atoms with van der Waals surface area (Å²) in [6, 6.07) is 6.36. The van der Waals surface area contributed by atoms with Crippen molar-refractivity contribution < 1.29 is 19.4 Å². The largest absolute Gasteiger partial charge is 0.478 e. The average Bonchev–Trinajstić information content (AvgIpc) is 2.30. The van der Waals surface area contributed by atoms with Crippen molar-refractivity contribution in [1.82, 2.24) is 0 Å². The fraction of sp³-hybridized carbons (Fsp3) is 0.0769. The van der Waals surface area contributed by atoms with Crippen LogP contribution >= 0.6 is 0 Å². The molecule has 1 rings (SSSR count). The van der Waals surface area contributed by atoms with Gasteiger partial charge >= 0.3 is 11.9 Å². The van der Waals surface area contributed by atoms with Crippen LogP contribution in [0.2, 0.25) is 0 Å². The molecular formula is C13H12O4. The normalized spacial score (nSPS) is 10.8. The topological polar surface area (TPSA) is 63.6 Å². The molecule has 0 amide bonds. The standard InChI is InChI=1S/C13H12O4/c1-3-9(12(14)15)10-7-5-6-8-11(10)13(16)17-4-2/h3-8H,2H2,1H3,(H,14,15)/b9-3+. The van der Waals surface area contributed by atoms with Crippen molar-refractivity contribution >= 4 is 17.5 Å². The highest BCUT2D eigenvalue weighted by atomic mass is 16.5. The van der Waals surface area contributed by atoms with Gasteiger partial charge in [0.15, 0.2) is 0 Å². The van der Waals surface area contributed by atoms with Crippen molar-refractivity contribution in [2.45, 2.75) is 6.92 Å². The van der Waals surface area contributed by atoms with Crippen LogP contribution in [0.1, 0.15) is 22.8 Å². The maximum atomic E-state index is 11.6. The van der Waals surface area contributed by atoms with E-state index in [1.54, 1.807) is 25.1 Å². The van der Waals surface area contributed by atoms with Gasteiger partial charge in [-0.05, 0) is 13.0 Å². The Labute approximate surface area is 98.8 Å². The van der Waals surface area contributed by atoms with E-state index < -0.39 is 11.9 Å². The van der Waals surface area contributed by atoms with Crippen LogP contribution in [-0.2, 0) is 9.53 Å². The van der Waals surface area contributed by atoms with Crippen LogP contribution in [0.15, 0.2) is 43.2 Å². The summed E-state index contributed by atoms with van der Waals surface area (Å²) in [7, 11) is 0. The fourth-order valence-corrected chi connectivity index (χ4v) is 1.43. The van der Waals surface area contributed by atoms with Gasteiger partial charge < -0.3 is 9.84 Å². The number of hydrogen-bond acceptors (Lipinski definition) is 3. The summed E-state index contributed by atoms with van der Waals surface area (Å²) in [5, 5.41) is 9.02. The van der Waals surface area contributed by atoms with Gasteiger partial charge in [-0.2, -0.15) is 0 Å². The van der Waals surface area contributed by atoms with E-state index >= 15 is 0 Å². The van der Waals surface area contributed by atoms with Gasteiger partial charge in [0.1, 0.15) is 0 Å². The van der Waals surface area contributed by atoms with E-state index in [9.17, 15) is 9.59 Å². The third-order valence-electron chi connectivity index (χ3n) is 2.15. The molecule has 0 aromatic heterocycles. The summed E-state index contributed by atoms with van der Waals surface area (Å²) in [6.45, 7) is 4.88. The van der Waals surface area contributed by atoms with Crippen LogP contribution in [0.5, 0.6) is 0 Å². The first-order valence-corrected chi connectivity index (χ1v) is 4.92. The number of carbonyl (C=O) groups is 2. The summed E-state index contributed by atoms with van der Waals surface area (Å²) in [5.74, 6) is -1.72. The molecule has 1 aromatic rings. The summed E-state index contributed by atoms with van der Waals surface area (Å²) in [5.41, 5.74) is 0.582. The number of carboxylic acid groups (broad SMARTS) is 1. The SMILES string of the molecule is C=COC(=O)c1ccccc1/C(=C\C)C(=O)O. The van der Waals surface area contributed by atoms with Crippen molar-refractivity contribution in [1.29, 1.82) is 0 Å². The van der Waals surface area contributed by atoms with Crippen molar-refractivity contribution in [3.63, 3.8) is 0 Å². The monoisotopic (exact) mass is 232 g/mol. The van der Waals surface area contributed by atoms with Gasteiger partial charge in [-0.3, -0.25) is 0 Å². The lowest BCUT2D eigenvalue weighted by Crippen LogP contribution is -2.08. The lowest BCUT2D eigenvalue weighted by molar-refractivity contribution is -0.130. The minimum atomic E-state index is -1.09. The Morgan fingerprint density at radius 1 is 1.29 bits per heavy atom. The van der Waals surface area contributed by atoms with Gasteiger partial charge in [0.2, 0.25) is 0 Å². The van der Waals surface area contributed by atoms with Crippen molar-refractivity contribution in [3.05, 3.63) is 54.3 Å². The fourth-order valence-electron chi connectivity index (χ4n) is 1.43. The first kappa shape index (κ1) is 12.7. The summed E-state index contributed by atoms with van der Waals surface area (Å²) in [4.78, 5) is 22.6. The first-order chi connectivity index (χ1) is 8.11. The molecule has 0 unspecified atom stereocenters. The summed E-state index contributed by atoms with van der Waals surface area (Å²) >= 11 is 0. The predicted molar refractivity (Wildman–Crippen MR) is 63.3 cm³/mol. The number of allylic oxidation sites excluding steroid dienone is 1. The molecule has 0 aliphatic rings. The van der Waals surface area contributed by atoms with Gasteiger partial charge in [0.25, 0.3) is 0 Å². The lowest BCUT2D eigenvalue weighted by atomic mass is 9.99. The number of carbonyl (C=O) groups excluding carboxylic acids is 1. The minimum absolute atomic E-state index is 0.0570. The molecule has 0 fully saturated rings. The van der Waals surface area contributed by atoms with Gasteiger partial charge in [-0.1, -0.05) is 30.9 Å². The molecule has 0 aliphatic carbocycles. The van der Waals surface area contributed by atoms with Crippen molar-refractivity contribution in [2.75, 3.05) is 0 Å². The molecule has 4 heteroatoms. The lowest BCUT2D eigenvalue weighted by Gasteiger charge is -2.07. The van der Waals surface area contributed by atoms with Gasteiger partial charge in [-0.15, -0.1) is 0 Å². The maximum Gasteiger partial charge on any atom is 0.343 e. The molecular weight excluding hydrogens is 220 g/mol. The molecule has 0 saturated heterocycles. The van der Waals surface area contributed by atoms with E-state index in [0.29, 0.717) is 5.56 Å². The summed E-state index contributed by atoms with van der Waals surface area (Å²) < 4.78 is 4.65. The van der Waals surface area contributed by atoms with E-state index in [0.717, 1.165) is 6.26 Å². The molecule has 0 radical (unpaired) electrons. The highest BCUT2D eigenvalue weighted by molar-refractivity contribution is 6.17. The molecule has 1 N–H and O–H groups in total. The number of aliphatic carboxylic acids is 1. The van der Waals surface area contributed by atoms with Crippen LogP contribution < -0.4 is 0 Å². The van der Waals surface area contributed by atoms with Gasteiger partial charge in [0.05, 0.1) is 17.4 Å². The van der Waals surface area contributed by atoms with E-state index in [1.165, 1.54) is 12.1 Å². The van der Waals surface area contributed by atoms with Gasteiger partial charge in [0, 0.05) is 5.56 Å². The molecule has 0 saturated carbocycles. The Morgan fingerprint density at radius 3 is 2.35 bits per heavy atom. The Bertz CT molecular complexity index is 486. The predicted octanol–water partition coefficient (Wildman–Crippen LogP) is 2.47. The molecule has 0 spiro atoms. The smallest absolute Gasteiger partial charge is 0.343 e. The maximum absolute atomic E-state index is 11.6. The average molecular weight is 232 g/mol. The Morgan fingerprint density at radius 2 is 1.88 bits per heavy atom. The van der Waals surface area contributed by atoms with Crippen LogP contribution in [0.25, 0.3) is 5.57 Å². The van der Waals surface area contributed by atoms with E-state index in [4.69, 9.17) is 5.11 Å². The third kappa shape index (κ3) is 2.81. The zero-order valence-corrected chi connectivity index (χ0v) is 9.34. The third-order valence-corrected chi connectivity index (χ3v) is 2.15. The number of carboxylic acids is 1. The number of benzene rings is 1.